The minimum atomic E-state index is -0.516. The van der Waals surface area contributed by atoms with Crippen molar-refractivity contribution in [3.63, 3.8) is 0 Å². The van der Waals surface area contributed by atoms with E-state index in [0.717, 1.165) is 0 Å². The third-order valence-electron chi connectivity index (χ3n) is 1.99. The van der Waals surface area contributed by atoms with Crippen LogP contribution in [0.4, 0.5) is 5.69 Å². The highest BCUT2D eigenvalue weighted by Crippen LogP contribution is 2.29. The Morgan fingerprint density at radius 2 is 2.29 bits per heavy atom. The molecule has 0 N–H and O–H groups in total. The minimum Gasteiger partial charge on any atom is -0.484 e. The summed E-state index contributed by atoms with van der Waals surface area (Å²) >= 11 is 5.85. The summed E-state index contributed by atoms with van der Waals surface area (Å²) in [5.41, 5.74) is -0.0815. The number of ether oxygens (including phenoxy) is 1. The number of nitrogens with zero attached hydrogens (tertiary/aromatic N) is 2. The monoisotopic (exact) mass is 254 g/mol. The van der Waals surface area contributed by atoms with E-state index in [2.05, 4.69) is 5.16 Å². The van der Waals surface area contributed by atoms with Crippen molar-refractivity contribution in [2.24, 2.45) is 0 Å². The van der Waals surface area contributed by atoms with E-state index in [0.29, 0.717) is 10.8 Å². The first kappa shape index (κ1) is 11.4. The molecule has 2 aromatic rings. The van der Waals surface area contributed by atoms with Crippen LogP contribution in [-0.4, -0.2) is 10.1 Å². The van der Waals surface area contributed by atoms with Crippen molar-refractivity contribution in [1.29, 1.82) is 0 Å². The second-order valence-corrected chi connectivity index (χ2v) is 3.55. The summed E-state index contributed by atoms with van der Waals surface area (Å²) in [7, 11) is 0. The molecule has 1 aromatic heterocycles. The van der Waals surface area contributed by atoms with Crippen molar-refractivity contribution in [2.45, 2.75) is 6.61 Å². The van der Waals surface area contributed by atoms with Gasteiger partial charge in [-0.2, -0.15) is 0 Å². The molecular formula is C10H7ClN2O4. The van der Waals surface area contributed by atoms with Crippen LogP contribution >= 0.6 is 11.6 Å². The van der Waals surface area contributed by atoms with Crippen LogP contribution in [0.1, 0.15) is 5.76 Å². The first-order valence-corrected chi connectivity index (χ1v) is 5.01. The first-order valence-electron chi connectivity index (χ1n) is 4.63. The highest BCUT2D eigenvalue weighted by molar-refractivity contribution is 6.32. The minimum absolute atomic E-state index is 0.0815. The molecule has 0 spiro atoms. The molecule has 0 saturated heterocycles. The number of aromatic nitrogens is 1. The Balaban J connectivity index is 2.14. The standard InChI is InChI=1S/C10H7ClN2O4/c11-9-2-1-7(13(14)15)5-10(9)16-6-8-3-4-12-17-8/h1-5H,6H2. The quantitative estimate of drug-likeness (QED) is 0.619. The number of hydrogen-bond donors (Lipinski definition) is 0. The highest BCUT2D eigenvalue weighted by Gasteiger charge is 2.11. The SMILES string of the molecule is O=[N+]([O-])c1ccc(Cl)c(OCc2ccno2)c1. The summed E-state index contributed by atoms with van der Waals surface area (Å²) < 4.78 is 10.1. The molecule has 2 rings (SSSR count). The van der Waals surface area contributed by atoms with Crippen molar-refractivity contribution in [3.05, 3.63) is 51.4 Å². The lowest BCUT2D eigenvalue weighted by Gasteiger charge is -2.05. The number of benzene rings is 1. The Morgan fingerprint density at radius 3 is 2.94 bits per heavy atom. The number of halogens is 1. The molecule has 0 aliphatic heterocycles. The average Bonchev–Trinajstić information content (AvgIpc) is 2.80. The fourth-order valence-corrected chi connectivity index (χ4v) is 1.35. The van der Waals surface area contributed by atoms with Crippen molar-refractivity contribution in [2.75, 3.05) is 0 Å². The van der Waals surface area contributed by atoms with E-state index in [9.17, 15) is 10.1 Å². The van der Waals surface area contributed by atoms with Crippen molar-refractivity contribution >= 4 is 17.3 Å². The molecule has 0 atom stereocenters. The molecule has 0 saturated carbocycles. The predicted octanol–water partition coefficient (Wildman–Crippen LogP) is 2.82. The Labute approximate surface area is 101 Å². The Kier molecular flexibility index (Phi) is 3.24. The number of nitro benzene ring substituents is 1. The molecule has 0 unspecified atom stereocenters. The molecule has 7 heteroatoms. The second kappa shape index (κ2) is 4.84. The number of rotatable bonds is 4. The fourth-order valence-electron chi connectivity index (χ4n) is 1.18. The topological polar surface area (TPSA) is 78.4 Å². The largest absolute Gasteiger partial charge is 0.484 e. The summed E-state index contributed by atoms with van der Waals surface area (Å²) in [4.78, 5) is 10.1. The van der Waals surface area contributed by atoms with E-state index in [1.807, 2.05) is 0 Å². The van der Waals surface area contributed by atoms with Gasteiger partial charge in [0.05, 0.1) is 22.2 Å². The number of non-ortho nitro benzene ring substituents is 1. The summed E-state index contributed by atoms with van der Waals surface area (Å²) in [6, 6.07) is 5.61. The lowest BCUT2D eigenvalue weighted by molar-refractivity contribution is -0.384. The highest BCUT2D eigenvalue weighted by atomic mass is 35.5. The van der Waals surface area contributed by atoms with Gasteiger partial charge in [-0.25, -0.2) is 0 Å². The molecule has 0 aliphatic carbocycles. The zero-order valence-corrected chi connectivity index (χ0v) is 9.26. The van der Waals surface area contributed by atoms with Crippen LogP contribution in [-0.2, 0) is 6.61 Å². The second-order valence-electron chi connectivity index (χ2n) is 3.14. The average molecular weight is 255 g/mol. The summed E-state index contributed by atoms with van der Waals surface area (Å²) in [6.45, 7) is 0.112. The van der Waals surface area contributed by atoms with Gasteiger partial charge >= 0.3 is 0 Å². The third-order valence-corrected chi connectivity index (χ3v) is 2.30. The lowest BCUT2D eigenvalue weighted by Crippen LogP contribution is -1.96. The molecule has 6 nitrogen and oxygen atoms in total. The van der Waals surface area contributed by atoms with Gasteiger partial charge in [-0.3, -0.25) is 10.1 Å². The number of nitro groups is 1. The van der Waals surface area contributed by atoms with Gasteiger partial charge in [0.15, 0.2) is 5.76 Å². The van der Waals surface area contributed by atoms with E-state index in [-0.39, 0.29) is 18.0 Å². The Morgan fingerprint density at radius 1 is 1.47 bits per heavy atom. The molecule has 1 aromatic carbocycles. The van der Waals surface area contributed by atoms with Crippen molar-refractivity contribution in [1.82, 2.24) is 5.16 Å². The maximum atomic E-state index is 10.6. The Hall–Kier alpha value is -2.08. The van der Waals surface area contributed by atoms with E-state index >= 15 is 0 Å². The van der Waals surface area contributed by atoms with E-state index in [1.54, 1.807) is 6.07 Å². The predicted molar refractivity (Wildman–Crippen MR) is 58.9 cm³/mol. The zero-order valence-electron chi connectivity index (χ0n) is 8.50. The van der Waals surface area contributed by atoms with Crippen LogP contribution in [0.5, 0.6) is 5.75 Å². The maximum Gasteiger partial charge on any atom is 0.273 e. The van der Waals surface area contributed by atoms with Gasteiger partial charge in [-0.1, -0.05) is 16.8 Å². The van der Waals surface area contributed by atoms with Gasteiger partial charge < -0.3 is 9.26 Å². The first-order chi connectivity index (χ1) is 8.16. The van der Waals surface area contributed by atoms with Gasteiger partial charge in [0, 0.05) is 12.1 Å². The van der Waals surface area contributed by atoms with Crippen LogP contribution in [0.2, 0.25) is 5.02 Å². The summed E-state index contributed by atoms with van der Waals surface area (Å²) in [6.07, 6.45) is 1.48. The normalized spacial score (nSPS) is 10.2. The Bertz CT molecular complexity index is 527. The van der Waals surface area contributed by atoms with E-state index in [1.165, 1.54) is 24.4 Å². The van der Waals surface area contributed by atoms with Gasteiger partial charge in [0.2, 0.25) is 0 Å². The molecule has 0 bridgehead atoms. The van der Waals surface area contributed by atoms with Gasteiger partial charge in [-0.15, -0.1) is 0 Å². The van der Waals surface area contributed by atoms with Crippen LogP contribution in [0, 0.1) is 10.1 Å². The third kappa shape index (κ3) is 2.73. The molecule has 1 heterocycles. The zero-order chi connectivity index (χ0) is 12.3. The van der Waals surface area contributed by atoms with Crippen LogP contribution < -0.4 is 4.74 Å². The molecule has 17 heavy (non-hydrogen) atoms. The smallest absolute Gasteiger partial charge is 0.273 e. The molecule has 88 valence electrons. The van der Waals surface area contributed by atoms with Crippen LogP contribution in [0.3, 0.4) is 0 Å². The van der Waals surface area contributed by atoms with Gasteiger partial charge in [-0.05, 0) is 6.07 Å². The molecule has 0 radical (unpaired) electrons. The van der Waals surface area contributed by atoms with E-state index in [4.69, 9.17) is 20.9 Å². The molecule has 0 aliphatic rings. The number of hydrogen-bond acceptors (Lipinski definition) is 5. The van der Waals surface area contributed by atoms with E-state index < -0.39 is 4.92 Å². The van der Waals surface area contributed by atoms with Crippen molar-refractivity contribution in [3.8, 4) is 5.75 Å². The van der Waals surface area contributed by atoms with Crippen LogP contribution in [0.25, 0.3) is 0 Å². The molecular weight excluding hydrogens is 248 g/mol. The summed E-state index contributed by atoms with van der Waals surface area (Å²) in [5.74, 6) is 0.741. The van der Waals surface area contributed by atoms with Gasteiger partial charge in [0.1, 0.15) is 12.4 Å². The lowest BCUT2D eigenvalue weighted by atomic mass is 10.3. The molecule has 0 fully saturated rings. The molecule has 0 amide bonds. The summed E-state index contributed by atoms with van der Waals surface area (Å²) in [5, 5.41) is 14.4. The maximum absolute atomic E-state index is 10.6. The van der Waals surface area contributed by atoms with Gasteiger partial charge in [0.25, 0.3) is 5.69 Å². The fraction of sp³-hybridized carbons (Fsp3) is 0.100. The van der Waals surface area contributed by atoms with Crippen LogP contribution in [0.15, 0.2) is 35.0 Å². The van der Waals surface area contributed by atoms with Crippen molar-refractivity contribution < 1.29 is 14.2 Å².